The maximum absolute atomic E-state index is 13.6. The van der Waals surface area contributed by atoms with Crippen LogP contribution in [0, 0.1) is 11.6 Å². The first-order valence-corrected chi connectivity index (χ1v) is 6.98. The van der Waals surface area contributed by atoms with Crippen molar-refractivity contribution in [2.24, 2.45) is 0 Å². The number of halogens is 2. The van der Waals surface area contributed by atoms with E-state index in [0.717, 1.165) is 17.8 Å². The molecule has 0 aliphatic heterocycles. The Morgan fingerprint density at radius 3 is 2.62 bits per heavy atom. The number of hydrogen-bond acceptors (Lipinski definition) is 3. The minimum atomic E-state index is -1.04. The van der Waals surface area contributed by atoms with Crippen LogP contribution in [0.5, 0.6) is 5.75 Å². The van der Waals surface area contributed by atoms with E-state index in [1.54, 1.807) is 6.07 Å². The van der Waals surface area contributed by atoms with Crippen LogP contribution in [-0.4, -0.2) is 18.2 Å². The van der Waals surface area contributed by atoms with Gasteiger partial charge in [0.2, 0.25) is 0 Å². The second kappa shape index (κ2) is 6.58. The third kappa shape index (κ3) is 3.72. The molecule has 0 atom stereocenters. The predicted molar refractivity (Wildman–Crippen MR) is 75.9 cm³/mol. The Morgan fingerprint density at radius 2 is 2.00 bits per heavy atom. The molecule has 0 aromatic heterocycles. The van der Waals surface area contributed by atoms with Crippen LogP contribution in [0.3, 0.4) is 0 Å². The third-order valence-electron chi connectivity index (χ3n) is 2.80. The van der Waals surface area contributed by atoms with Crippen LogP contribution < -0.4 is 4.74 Å². The van der Waals surface area contributed by atoms with E-state index in [0.29, 0.717) is 22.0 Å². The van der Waals surface area contributed by atoms with Crippen LogP contribution in [-0.2, 0) is 5.75 Å². The van der Waals surface area contributed by atoms with Crippen LogP contribution in [0.1, 0.15) is 15.9 Å². The second-order valence-corrected chi connectivity index (χ2v) is 5.21. The van der Waals surface area contributed by atoms with Gasteiger partial charge in [0.15, 0.2) is 0 Å². The molecular formula is C15H12F2O3S. The topological polar surface area (TPSA) is 46.5 Å². The maximum atomic E-state index is 13.6. The first kappa shape index (κ1) is 15.3. The average molecular weight is 310 g/mol. The van der Waals surface area contributed by atoms with E-state index < -0.39 is 17.6 Å². The van der Waals surface area contributed by atoms with Gasteiger partial charge < -0.3 is 9.84 Å². The van der Waals surface area contributed by atoms with Crippen molar-refractivity contribution in [1.29, 1.82) is 0 Å². The molecule has 0 amide bonds. The number of rotatable bonds is 5. The van der Waals surface area contributed by atoms with Gasteiger partial charge in [-0.3, -0.25) is 0 Å². The molecule has 2 aromatic rings. The summed E-state index contributed by atoms with van der Waals surface area (Å²) in [5, 5.41) is 8.98. The van der Waals surface area contributed by atoms with E-state index in [9.17, 15) is 13.6 Å². The van der Waals surface area contributed by atoms with Gasteiger partial charge in [0.05, 0.1) is 12.7 Å². The van der Waals surface area contributed by atoms with Crippen molar-refractivity contribution in [3.63, 3.8) is 0 Å². The van der Waals surface area contributed by atoms with Crippen LogP contribution in [0.4, 0.5) is 8.78 Å². The van der Waals surface area contributed by atoms with Gasteiger partial charge >= 0.3 is 5.97 Å². The minimum absolute atomic E-state index is 0.131. The lowest BCUT2D eigenvalue weighted by atomic mass is 10.1. The number of ether oxygens (including phenoxy) is 1. The first-order chi connectivity index (χ1) is 10.0. The van der Waals surface area contributed by atoms with E-state index in [1.165, 1.54) is 31.4 Å². The number of hydrogen-bond donors (Lipinski definition) is 1. The number of carboxylic acids is 1. The Hall–Kier alpha value is -2.08. The zero-order valence-electron chi connectivity index (χ0n) is 11.1. The standard InChI is InChI=1S/C15H12F2O3S/c1-20-13-4-2-9(15(18)19)6-10(13)8-21-14-5-3-11(16)7-12(14)17/h2-7H,8H2,1H3,(H,18,19). The van der Waals surface area contributed by atoms with Crippen molar-refractivity contribution in [3.8, 4) is 5.75 Å². The predicted octanol–water partition coefficient (Wildman–Crippen LogP) is 3.96. The third-order valence-corrected chi connectivity index (χ3v) is 3.90. The van der Waals surface area contributed by atoms with Crippen molar-refractivity contribution in [1.82, 2.24) is 0 Å². The van der Waals surface area contributed by atoms with Gasteiger partial charge in [-0.2, -0.15) is 0 Å². The summed E-state index contributed by atoms with van der Waals surface area (Å²) in [5.41, 5.74) is 0.761. The summed E-state index contributed by atoms with van der Waals surface area (Å²) in [6.07, 6.45) is 0. The molecule has 0 aliphatic rings. The minimum Gasteiger partial charge on any atom is -0.496 e. The number of thioether (sulfide) groups is 1. The number of benzene rings is 2. The normalized spacial score (nSPS) is 10.4. The summed E-state index contributed by atoms with van der Waals surface area (Å²) in [4.78, 5) is 11.3. The molecule has 0 unspecified atom stereocenters. The van der Waals surface area contributed by atoms with Crippen LogP contribution >= 0.6 is 11.8 Å². The molecule has 110 valence electrons. The zero-order valence-corrected chi connectivity index (χ0v) is 11.9. The average Bonchev–Trinajstić information content (AvgIpc) is 2.46. The molecule has 1 N–H and O–H groups in total. The Labute approximate surface area is 124 Å². The van der Waals surface area contributed by atoms with Crippen LogP contribution in [0.15, 0.2) is 41.3 Å². The fraction of sp³-hybridized carbons (Fsp3) is 0.133. The lowest BCUT2D eigenvalue weighted by molar-refractivity contribution is 0.0696. The Kier molecular flexibility index (Phi) is 4.80. The van der Waals surface area contributed by atoms with Gasteiger partial charge in [-0.25, -0.2) is 13.6 Å². The van der Waals surface area contributed by atoms with Crippen LogP contribution in [0.2, 0.25) is 0 Å². The molecule has 0 bridgehead atoms. The molecule has 0 saturated carbocycles. The fourth-order valence-corrected chi connectivity index (χ4v) is 2.67. The summed E-state index contributed by atoms with van der Waals surface area (Å²) in [5.74, 6) is -1.49. The summed E-state index contributed by atoms with van der Waals surface area (Å²) in [6, 6.07) is 7.82. The largest absolute Gasteiger partial charge is 0.496 e. The summed E-state index contributed by atoms with van der Waals surface area (Å²) in [7, 11) is 1.47. The number of aromatic carboxylic acids is 1. The molecule has 3 nitrogen and oxygen atoms in total. The molecule has 6 heteroatoms. The van der Waals surface area contributed by atoms with Gasteiger partial charge in [-0.15, -0.1) is 11.8 Å². The summed E-state index contributed by atoms with van der Waals surface area (Å²) in [6.45, 7) is 0. The van der Waals surface area contributed by atoms with Gasteiger partial charge in [0, 0.05) is 22.3 Å². The van der Waals surface area contributed by atoms with E-state index in [-0.39, 0.29) is 5.56 Å². The highest BCUT2D eigenvalue weighted by molar-refractivity contribution is 7.98. The van der Waals surface area contributed by atoms with Gasteiger partial charge in [0.25, 0.3) is 0 Å². The summed E-state index contributed by atoms with van der Waals surface area (Å²) >= 11 is 1.14. The maximum Gasteiger partial charge on any atom is 0.335 e. The van der Waals surface area contributed by atoms with E-state index in [4.69, 9.17) is 9.84 Å². The van der Waals surface area contributed by atoms with Crippen molar-refractivity contribution < 1.29 is 23.4 Å². The quantitative estimate of drug-likeness (QED) is 0.849. The first-order valence-electron chi connectivity index (χ1n) is 5.99. The Balaban J connectivity index is 2.22. The zero-order chi connectivity index (χ0) is 15.4. The van der Waals surface area contributed by atoms with Crippen molar-refractivity contribution in [2.75, 3.05) is 7.11 Å². The van der Waals surface area contributed by atoms with Crippen molar-refractivity contribution >= 4 is 17.7 Å². The molecule has 0 aliphatic carbocycles. The van der Waals surface area contributed by atoms with Gasteiger partial charge in [0.1, 0.15) is 17.4 Å². The Morgan fingerprint density at radius 1 is 1.24 bits per heavy atom. The summed E-state index contributed by atoms with van der Waals surface area (Å²) < 4.78 is 31.6. The lowest BCUT2D eigenvalue weighted by Crippen LogP contribution is -1.99. The SMILES string of the molecule is COc1ccc(C(=O)O)cc1CSc1ccc(F)cc1F. The molecule has 21 heavy (non-hydrogen) atoms. The monoisotopic (exact) mass is 310 g/mol. The van der Waals surface area contributed by atoms with E-state index in [1.807, 2.05) is 0 Å². The molecule has 0 spiro atoms. The fourth-order valence-electron chi connectivity index (χ4n) is 1.77. The molecule has 0 saturated heterocycles. The molecule has 2 rings (SSSR count). The highest BCUT2D eigenvalue weighted by Crippen LogP contribution is 2.30. The van der Waals surface area contributed by atoms with Crippen LogP contribution in [0.25, 0.3) is 0 Å². The highest BCUT2D eigenvalue weighted by atomic mass is 32.2. The highest BCUT2D eigenvalue weighted by Gasteiger charge is 2.11. The van der Waals surface area contributed by atoms with Crippen molar-refractivity contribution in [3.05, 3.63) is 59.2 Å². The molecule has 0 radical (unpaired) electrons. The van der Waals surface area contributed by atoms with Crippen molar-refractivity contribution in [2.45, 2.75) is 10.6 Å². The van der Waals surface area contributed by atoms with Gasteiger partial charge in [-0.05, 0) is 30.3 Å². The lowest BCUT2D eigenvalue weighted by Gasteiger charge is -2.09. The molecule has 2 aromatic carbocycles. The molecule has 0 fully saturated rings. The number of carbonyl (C=O) groups is 1. The second-order valence-electron chi connectivity index (χ2n) is 4.20. The van der Waals surface area contributed by atoms with E-state index >= 15 is 0 Å². The molecular weight excluding hydrogens is 298 g/mol. The number of methoxy groups -OCH3 is 1. The smallest absolute Gasteiger partial charge is 0.335 e. The number of carboxylic acid groups (broad SMARTS) is 1. The molecule has 0 heterocycles. The van der Waals surface area contributed by atoms with E-state index in [2.05, 4.69) is 0 Å². The Bertz CT molecular complexity index is 674. The van der Waals surface area contributed by atoms with Gasteiger partial charge in [-0.1, -0.05) is 0 Å².